The van der Waals surface area contributed by atoms with Crippen molar-refractivity contribution in [2.75, 3.05) is 4.72 Å². The quantitative estimate of drug-likeness (QED) is 0.743. The third-order valence-corrected chi connectivity index (χ3v) is 5.55. The molecule has 134 valence electrons. The lowest BCUT2D eigenvalue weighted by molar-refractivity contribution is 0.101. The van der Waals surface area contributed by atoms with Gasteiger partial charge in [-0.15, -0.1) is 0 Å². The summed E-state index contributed by atoms with van der Waals surface area (Å²) in [5.74, 6) is 0.289. The molecule has 0 spiro atoms. The lowest BCUT2D eigenvalue weighted by atomic mass is 9.93. The van der Waals surface area contributed by atoms with Crippen LogP contribution in [0.2, 0.25) is 0 Å². The van der Waals surface area contributed by atoms with E-state index in [9.17, 15) is 13.2 Å². The predicted octanol–water partition coefficient (Wildman–Crippen LogP) is 4.94. The number of anilines is 1. The number of hydrogen-bond acceptors (Lipinski definition) is 3. The molecule has 2 aromatic carbocycles. The van der Waals surface area contributed by atoms with Crippen LogP contribution in [0, 0.1) is 0 Å². The van der Waals surface area contributed by atoms with Crippen molar-refractivity contribution in [2.45, 2.75) is 51.3 Å². The Morgan fingerprint density at radius 3 is 1.76 bits per heavy atom. The first-order valence-electron chi connectivity index (χ1n) is 8.40. The van der Waals surface area contributed by atoms with Crippen molar-refractivity contribution in [3.63, 3.8) is 0 Å². The third kappa shape index (κ3) is 4.28. The predicted molar refractivity (Wildman–Crippen MR) is 102 cm³/mol. The summed E-state index contributed by atoms with van der Waals surface area (Å²) in [6, 6.07) is 11.9. The molecule has 2 rings (SSSR count). The van der Waals surface area contributed by atoms with Gasteiger partial charge in [-0.1, -0.05) is 58.0 Å². The summed E-state index contributed by atoms with van der Waals surface area (Å²) in [5, 5.41) is 0. The van der Waals surface area contributed by atoms with Gasteiger partial charge in [-0.25, -0.2) is 8.42 Å². The maximum Gasteiger partial charge on any atom is 0.261 e. The summed E-state index contributed by atoms with van der Waals surface area (Å²) in [7, 11) is -3.73. The molecule has 5 heteroatoms. The summed E-state index contributed by atoms with van der Waals surface area (Å²) in [6.07, 6.45) is 0. The Balaban J connectivity index is 2.48. The molecule has 0 bridgehead atoms. The Morgan fingerprint density at radius 1 is 0.880 bits per heavy atom. The fraction of sp³-hybridized carbons (Fsp3) is 0.350. The maximum absolute atomic E-state index is 12.8. The van der Waals surface area contributed by atoms with Crippen molar-refractivity contribution in [2.24, 2.45) is 0 Å². The number of nitrogens with one attached hydrogen (secondary N) is 1. The van der Waals surface area contributed by atoms with Gasteiger partial charge in [-0.05, 0) is 42.0 Å². The van der Waals surface area contributed by atoms with Crippen LogP contribution in [0.4, 0.5) is 5.69 Å². The van der Waals surface area contributed by atoms with Crippen LogP contribution in [-0.4, -0.2) is 14.2 Å². The minimum Gasteiger partial charge on any atom is -0.295 e. The fourth-order valence-corrected chi connectivity index (χ4v) is 3.85. The van der Waals surface area contributed by atoms with Crippen LogP contribution in [0.25, 0.3) is 0 Å². The van der Waals surface area contributed by atoms with Crippen molar-refractivity contribution < 1.29 is 13.2 Å². The molecule has 0 radical (unpaired) electrons. The average Bonchev–Trinajstić information content (AvgIpc) is 2.54. The second-order valence-electron chi connectivity index (χ2n) is 6.81. The number of rotatable bonds is 6. The fourth-order valence-electron chi connectivity index (χ4n) is 2.73. The first kappa shape index (κ1) is 19.2. The van der Waals surface area contributed by atoms with Gasteiger partial charge in [0.2, 0.25) is 0 Å². The molecule has 0 aromatic heterocycles. The van der Waals surface area contributed by atoms with Crippen LogP contribution in [0.1, 0.15) is 67.9 Å². The highest BCUT2D eigenvalue weighted by atomic mass is 32.2. The second-order valence-corrected chi connectivity index (χ2v) is 8.49. The van der Waals surface area contributed by atoms with Crippen molar-refractivity contribution in [1.29, 1.82) is 0 Å². The van der Waals surface area contributed by atoms with Gasteiger partial charge in [0.25, 0.3) is 10.0 Å². The summed E-state index contributed by atoms with van der Waals surface area (Å²) in [5.41, 5.74) is 3.08. The van der Waals surface area contributed by atoms with Crippen LogP contribution in [0.5, 0.6) is 0 Å². The van der Waals surface area contributed by atoms with E-state index in [2.05, 4.69) is 4.72 Å². The van der Waals surface area contributed by atoms with Gasteiger partial charge >= 0.3 is 0 Å². The van der Waals surface area contributed by atoms with Gasteiger partial charge in [0.1, 0.15) is 0 Å². The Bertz CT molecular complexity index is 840. The highest BCUT2D eigenvalue weighted by Gasteiger charge is 2.21. The Kier molecular flexibility index (Phi) is 5.68. The number of carbonyl (C=O) groups is 1. The van der Waals surface area contributed by atoms with Gasteiger partial charge in [-0.3, -0.25) is 9.52 Å². The van der Waals surface area contributed by atoms with E-state index in [1.165, 1.54) is 31.2 Å². The molecule has 0 heterocycles. The molecule has 0 atom stereocenters. The molecule has 25 heavy (non-hydrogen) atoms. The van der Waals surface area contributed by atoms with Gasteiger partial charge < -0.3 is 0 Å². The Hall–Kier alpha value is -2.14. The van der Waals surface area contributed by atoms with Crippen LogP contribution in [0.15, 0.2) is 47.4 Å². The molecule has 0 aliphatic rings. The number of sulfonamides is 1. The zero-order valence-electron chi connectivity index (χ0n) is 15.3. The molecule has 0 amide bonds. The summed E-state index contributed by atoms with van der Waals surface area (Å²) >= 11 is 0. The molecule has 0 aliphatic carbocycles. The van der Waals surface area contributed by atoms with Gasteiger partial charge in [0.05, 0.1) is 10.6 Å². The maximum atomic E-state index is 12.8. The van der Waals surface area contributed by atoms with Crippen LogP contribution in [0.3, 0.4) is 0 Å². The lowest BCUT2D eigenvalue weighted by Crippen LogP contribution is -2.16. The molecular formula is C20H25NO3S. The zero-order valence-corrected chi connectivity index (χ0v) is 16.1. The normalized spacial score (nSPS) is 11.8. The van der Waals surface area contributed by atoms with E-state index in [1.54, 1.807) is 0 Å². The number of benzene rings is 2. The molecule has 0 saturated carbocycles. The monoisotopic (exact) mass is 359 g/mol. The van der Waals surface area contributed by atoms with Crippen molar-refractivity contribution >= 4 is 21.5 Å². The molecule has 1 N–H and O–H groups in total. The van der Waals surface area contributed by atoms with Crippen LogP contribution in [-0.2, 0) is 10.0 Å². The summed E-state index contributed by atoms with van der Waals surface area (Å²) in [4.78, 5) is 11.5. The largest absolute Gasteiger partial charge is 0.295 e. The van der Waals surface area contributed by atoms with Crippen LogP contribution >= 0.6 is 0 Å². The lowest BCUT2D eigenvalue weighted by Gasteiger charge is -2.21. The van der Waals surface area contributed by atoms with E-state index in [0.29, 0.717) is 11.3 Å². The number of Topliss-reactive ketones (excluding diaryl/α,β-unsaturated/α-hetero) is 1. The number of para-hydroxylation sites is 1. The molecule has 0 unspecified atom stereocenters. The molecular weight excluding hydrogens is 334 g/mol. The minimum absolute atomic E-state index is 0.0934. The molecule has 4 nitrogen and oxygen atoms in total. The molecule has 0 aliphatic heterocycles. The molecule has 0 saturated heterocycles. The number of hydrogen-bond donors (Lipinski definition) is 1. The zero-order chi connectivity index (χ0) is 18.8. The summed E-state index contributed by atoms with van der Waals surface area (Å²) in [6.45, 7) is 9.62. The van der Waals surface area contributed by atoms with E-state index < -0.39 is 10.0 Å². The SMILES string of the molecule is CC(=O)c1ccc(S(=O)(=O)Nc2c(C(C)C)cccc2C(C)C)cc1. The Morgan fingerprint density at radius 2 is 1.36 bits per heavy atom. The minimum atomic E-state index is -3.73. The molecule has 0 fully saturated rings. The van der Waals surface area contributed by atoms with Gasteiger partial charge in [-0.2, -0.15) is 0 Å². The van der Waals surface area contributed by atoms with E-state index >= 15 is 0 Å². The van der Waals surface area contributed by atoms with E-state index in [-0.39, 0.29) is 22.5 Å². The number of ketones is 1. The van der Waals surface area contributed by atoms with E-state index in [0.717, 1.165) is 11.1 Å². The third-order valence-electron chi connectivity index (χ3n) is 4.18. The first-order chi connectivity index (χ1) is 11.6. The highest BCUT2D eigenvalue weighted by molar-refractivity contribution is 7.92. The van der Waals surface area contributed by atoms with Gasteiger partial charge in [0, 0.05) is 5.56 Å². The number of carbonyl (C=O) groups excluding carboxylic acids is 1. The second kappa shape index (κ2) is 7.40. The smallest absolute Gasteiger partial charge is 0.261 e. The van der Waals surface area contributed by atoms with E-state index in [4.69, 9.17) is 0 Å². The Labute approximate surface area is 150 Å². The first-order valence-corrected chi connectivity index (χ1v) is 9.88. The summed E-state index contributed by atoms with van der Waals surface area (Å²) < 4.78 is 28.4. The average molecular weight is 359 g/mol. The topological polar surface area (TPSA) is 63.2 Å². The highest BCUT2D eigenvalue weighted by Crippen LogP contribution is 2.33. The van der Waals surface area contributed by atoms with Crippen molar-refractivity contribution in [3.05, 3.63) is 59.2 Å². The standard InChI is InChI=1S/C20H25NO3S/c1-13(2)18-7-6-8-19(14(3)4)20(18)21-25(23,24)17-11-9-16(10-12-17)15(5)22/h6-14,21H,1-5H3. The van der Waals surface area contributed by atoms with Gasteiger partial charge in [0.15, 0.2) is 5.78 Å². The molecule has 2 aromatic rings. The van der Waals surface area contributed by atoms with E-state index in [1.807, 2.05) is 45.9 Å². The van der Waals surface area contributed by atoms with Crippen molar-refractivity contribution in [1.82, 2.24) is 0 Å². The van der Waals surface area contributed by atoms with Crippen molar-refractivity contribution in [3.8, 4) is 0 Å². The van der Waals surface area contributed by atoms with Crippen LogP contribution < -0.4 is 4.72 Å².